The van der Waals surface area contributed by atoms with Crippen LogP contribution in [0.15, 0.2) is 0 Å². The van der Waals surface area contributed by atoms with Crippen molar-refractivity contribution in [3.05, 3.63) is 0 Å². The van der Waals surface area contributed by atoms with Gasteiger partial charge in [-0.05, 0) is 27.8 Å². The van der Waals surface area contributed by atoms with Gasteiger partial charge in [0.05, 0.1) is 13.7 Å². The molecular formula is C12H24N2O4. The lowest BCUT2D eigenvalue weighted by Gasteiger charge is -2.28. The maximum Gasteiger partial charge on any atom is 0.338 e. The number of esters is 1. The van der Waals surface area contributed by atoms with Crippen molar-refractivity contribution in [2.75, 3.05) is 40.3 Å². The predicted molar refractivity (Wildman–Crippen MR) is 68.1 cm³/mol. The van der Waals surface area contributed by atoms with Crippen LogP contribution in [0.25, 0.3) is 0 Å². The largest absolute Gasteiger partial charge is 0.467 e. The second kappa shape index (κ2) is 7.33. The van der Waals surface area contributed by atoms with Gasteiger partial charge in [0.15, 0.2) is 5.60 Å². The molecule has 6 nitrogen and oxygen atoms in total. The van der Waals surface area contributed by atoms with Crippen LogP contribution in [0.1, 0.15) is 20.8 Å². The number of carbonyl (C=O) groups excluding carboxylic acids is 2. The van der Waals surface area contributed by atoms with Crippen LogP contribution in [-0.4, -0.2) is 72.7 Å². The molecule has 1 N–H and O–H groups in total. The van der Waals surface area contributed by atoms with E-state index in [0.717, 1.165) is 0 Å². The third-order valence-electron chi connectivity index (χ3n) is 2.72. The normalized spacial score (nSPS) is 14.2. The van der Waals surface area contributed by atoms with Crippen LogP contribution < -0.4 is 0 Å². The zero-order valence-electron chi connectivity index (χ0n) is 11.9. The smallest absolute Gasteiger partial charge is 0.338 e. The van der Waals surface area contributed by atoms with Gasteiger partial charge in [-0.25, -0.2) is 4.79 Å². The number of hydrogen-bond donors (Lipinski definition) is 1. The lowest BCUT2D eigenvalue weighted by molar-refractivity contribution is -0.162. The standard InChI is InChI=1S/C12H24N2O4/c1-6-14(7-2)10(15)8-13(4)9-12(3,17)11(16)18-5/h17H,6-9H2,1-5H3. The molecule has 0 bridgehead atoms. The van der Waals surface area contributed by atoms with E-state index >= 15 is 0 Å². The van der Waals surface area contributed by atoms with Gasteiger partial charge in [-0.15, -0.1) is 0 Å². The Balaban J connectivity index is 4.38. The molecule has 0 aliphatic carbocycles. The lowest BCUT2D eigenvalue weighted by Crippen LogP contribution is -2.49. The van der Waals surface area contributed by atoms with Crippen LogP contribution in [-0.2, 0) is 14.3 Å². The molecule has 6 heteroatoms. The highest BCUT2D eigenvalue weighted by molar-refractivity contribution is 5.80. The summed E-state index contributed by atoms with van der Waals surface area (Å²) in [6.45, 7) is 6.70. The van der Waals surface area contributed by atoms with Gasteiger partial charge in [0, 0.05) is 19.6 Å². The quantitative estimate of drug-likeness (QED) is 0.637. The average Bonchev–Trinajstić information content (AvgIpc) is 2.28. The molecule has 0 saturated carbocycles. The van der Waals surface area contributed by atoms with Gasteiger partial charge >= 0.3 is 5.97 Å². The van der Waals surface area contributed by atoms with E-state index in [2.05, 4.69) is 4.74 Å². The van der Waals surface area contributed by atoms with E-state index in [4.69, 9.17) is 0 Å². The van der Waals surface area contributed by atoms with Gasteiger partial charge < -0.3 is 14.7 Å². The summed E-state index contributed by atoms with van der Waals surface area (Å²) < 4.78 is 4.50. The molecule has 0 radical (unpaired) electrons. The summed E-state index contributed by atoms with van der Waals surface area (Å²) in [6.07, 6.45) is 0. The second-order valence-corrected chi connectivity index (χ2v) is 4.50. The molecule has 0 aliphatic heterocycles. The van der Waals surface area contributed by atoms with Gasteiger partial charge in [-0.3, -0.25) is 9.69 Å². The van der Waals surface area contributed by atoms with Crippen molar-refractivity contribution in [3.63, 3.8) is 0 Å². The number of hydrogen-bond acceptors (Lipinski definition) is 5. The fraction of sp³-hybridized carbons (Fsp3) is 0.833. The molecule has 0 saturated heterocycles. The SMILES string of the molecule is CCN(CC)C(=O)CN(C)CC(C)(O)C(=O)OC. The number of ether oxygens (including phenoxy) is 1. The minimum absolute atomic E-state index is 0.0248. The molecule has 0 aromatic rings. The van der Waals surface area contributed by atoms with Crippen molar-refractivity contribution in [2.45, 2.75) is 26.4 Å². The highest BCUT2D eigenvalue weighted by Gasteiger charge is 2.33. The Labute approximate surface area is 109 Å². The highest BCUT2D eigenvalue weighted by atomic mass is 16.5. The summed E-state index contributed by atoms with van der Waals surface area (Å²) in [5.74, 6) is -0.729. The molecular weight excluding hydrogens is 236 g/mol. The predicted octanol–water partition coefficient (Wildman–Crippen LogP) is -0.289. The van der Waals surface area contributed by atoms with E-state index in [0.29, 0.717) is 13.1 Å². The van der Waals surface area contributed by atoms with E-state index < -0.39 is 11.6 Å². The van der Waals surface area contributed by atoms with Gasteiger partial charge in [-0.1, -0.05) is 0 Å². The Hall–Kier alpha value is -1.14. The van der Waals surface area contributed by atoms with E-state index in [9.17, 15) is 14.7 Å². The fourth-order valence-electron chi connectivity index (χ4n) is 1.77. The first-order valence-electron chi connectivity index (χ1n) is 6.05. The van der Waals surface area contributed by atoms with Crippen molar-refractivity contribution < 1.29 is 19.4 Å². The molecule has 0 aromatic heterocycles. The Bertz CT molecular complexity index is 288. The first-order chi connectivity index (χ1) is 8.28. The van der Waals surface area contributed by atoms with Crippen molar-refractivity contribution in [1.82, 2.24) is 9.80 Å². The monoisotopic (exact) mass is 260 g/mol. The maximum absolute atomic E-state index is 11.8. The second-order valence-electron chi connectivity index (χ2n) is 4.50. The van der Waals surface area contributed by atoms with Gasteiger partial charge in [-0.2, -0.15) is 0 Å². The minimum Gasteiger partial charge on any atom is -0.467 e. The maximum atomic E-state index is 11.8. The Morgan fingerprint density at radius 1 is 1.28 bits per heavy atom. The van der Waals surface area contributed by atoms with Gasteiger partial charge in [0.2, 0.25) is 5.91 Å². The molecule has 0 heterocycles. The number of methoxy groups -OCH3 is 1. The first-order valence-corrected chi connectivity index (χ1v) is 6.05. The van der Waals surface area contributed by atoms with Crippen LogP contribution >= 0.6 is 0 Å². The van der Waals surface area contributed by atoms with Crippen LogP contribution in [0.4, 0.5) is 0 Å². The highest BCUT2D eigenvalue weighted by Crippen LogP contribution is 2.07. The number of nitrogens with zero attached hydrogens (tertiary/aromatic N) is 2. The zero-order chi connectivity index (χ0) is 14.3. The lowest BCUT2D eigenvalue weighted by atomic mass is 10.1. The Kier molecular flexibility index (Phi) is 6.86. The molecule has 0 aromatic carbocycles. The van der Waals surface area contributed by atoms with E-state index in [1.165, 1.54) is 14.0 Å². The van der Waals surface area contributed by atoms with Gasteiger partial charge in [0.1, 0.15) is 0 Å². The van der Waals surface area contributed by atoms with Crippen molar-refractivity contribution in [3.8, 4) is 0 Å². The molecule has 1 unspecified atom stereocenters. The average molecular weight is 260 g/mol. The number of amides is 1. The molecule has 0 spiro atoms. The van der Waals surface area contributed by atoms with Gasteiger partial charge in [0.25, 0.3) is 0 Å². The van der Waals surface area contributed by atoms with E-state index in [-0.39, 0.29) is 19.0 Å². The zero-order valence-corrected chi connectivity index (χ0v) is 11.9. The minimum atomic E-state index is -1.60. The molecule has 1 atom stereocenters. The van der Waals surface area contributed by atoms with Crippen LogP contribution in [0.2, 0.25) is 0 Å². The molecule has 106 valence electrons. The summed E-state index contributed by atoms with van der Waals surface area (Å²) in [5.41, 5.74) is -1.60. The topological polar surface area (TPSA) is 70.1 Å². The number of rotatable bonds is 7. The fourth-order valence-corrected chi connectivity index (χ4v) is 1.77. The number of likely N-dealkylation sites (N-methyl/N-ethyl adjacent to an activating group) is 2. The molecule has 0 fully saturated rings. The third kappa shape index (κ3) is 5.01. The van der Waals surface area contributed by atoms with Crippen molar-refractivity contribution >= 4 is 11.9 Å². The summed E-state index contributed by atoms with van der Waals surface area (Å²) in [6, 6.07) is 0. The van der Waals surface area contributed by atoms with Crippen LogP contribution in [0.3, 0.4) is 0 Å². The molecule has 0 rings (SSSR count). The van der Waals surface area contributed by atoms with E-state index in [1.54, 1.807) is 16.8 Å². The number of carbonyl (C=O) groups is 2. The molecule has 1 amide bonds. The Morgan fingerprint density at radius 3 is 2.17 bits per heavy atom. The van der Waals surface area contributed by atoms with E-state index in [1.807, 2.05) is 13.8 Å². The third-order valence-corrected chi connectivity index (χ3v) is 2.72. The number of aliphatic hydroxyl groups is 1. The molecule has 18 heavy (non-hydrogen) atoms. The summed E-state index contributed by atoms with van der Waals surface area (Å²) in [5, 5.41) is 9.88. The first kappa shape index (κ1) is 16.9. The van der Waals surface area contributed by atoms with Crippen LogP contribution in [0, 0.1) is 0 Å². The summed E-state index contributed by atoms with van der Waals surface area (Å²) in [4.78, 5) is 26.4. The van der Waals surface area contributed by atoms with Crippen molar-refractivity contribution in [2.24, 2.45) is 0 Å². The Morgan fingerprint density at radius 2 is 1.78 bits per heavy atom. The van der Waals surface area contributed by atoms with Crippen LogP contribution in [0.5, 0.6) is 0 Å². The molecule has 0 aliphatic rings. The summed E-state index contributed by atoms with van der Waals surface area (Å²) >= 11 is 0. The van der Waals surface area contributed by atoms with Crippen molar-refractivity contribution in [1.29, 1.82) is 0 Å². The summed E-state index contributed by atoms with van der Waals surface area (Å²) in [7, 11) is 2.90.